The number of amides is 2. The summed E-state index contributed by atoms with van der Waals surface area (Å²) < 4.78 is 0. The highest BCUT2D eigenvalue weighted by molar-refractivity contribution is 7.12. The average Bonchev–Trinajstić information content (AvgIpc) is 3.44. The summed E-state index contributed by atoms with van der Waals surface area (Å²) in [4.78, 5) is 33.7. The van der Waals surface area contributed by atoms with E-state index in [1.54, 1.807) is 12.1 Å². The standard InChI is InChI=1S/C29H36ClN5O2S/c1-21(19-22-6-9-24(30)10-7-22)31-28(36)23-8-11-26(25(20-23)32-29(37)27-5-4-18-38-27)35-16-14-34(15-17-35)13-12-33(2)3/h4-11,18,20-21H,12-17,19H2,1-3H3,(H,31,36)(H,32,37). The first-order valence-electron chi connectivity index (χ1n) is 12.9. The number of halogens is 1. The minimum Gasteiger partial charge on any atom is -0.367 e. The summed E-state index contributed by atoms with van der Waals surface area (Å²) in [6.45, 7) is 7.68. The van der Waals surface area contributed by atoms with Gasteiger partial charge in [0.25, 0.3) is 11.8 Å². The third-order valence-electron chi connectivity index (χ3n) is 6.66. The Kier molecular flexibility index (Phi) is 9.80. The van der Waals surface area contributed by atoms with Gasteiger partial charge in [-0.2, -0.15) is 0 Å². The zero-order chi connectivity index (χ0) is 27.1. The number of nitrogens with one attached hydrogen (secondary N) is 2. The largest absolute Gasteiger partial charge is 0.367 e. The highest BCUT2D eigenvalue weighted by atomic mass is 35.5. The number of nitrogens with zero attached hydrogens (tertiary/aromatic N) is 3. The summed E-state index contributed by atoms with van der Waals surface area (Å²) in [5.41, 5.74) is 3.21. The van der Waals surface area contributed by atoms with E-state index < -0.39 is 0 Å². The molecule has 4 rings (SSSR count). The van der Waals surface area contributed by atoms with Gasteiger partial charge in [0.1, 0.15) is 0 Å². The van der Waals surface area contributed by atoms with Crippen LogP contribution in [0.1, 0.15) is 32.5 Å². The van der Waals surface area contributed by atoms with Crippen molar-refractivity contribution in [3.8, 4) is 0 Å². The van der Waals surface area contributed by atoms with Gasteiger partial charge < -0.3 is 20.4 Å². The molecule has 202 valence electrons. The first kappa shape index (κ1) is 28.1. The molecule has 0 aliphatic carbocycles. The molecule has 38 heavy (non-hydrogen) atoms. The molecular weight excluding hydrogens is 518 g/mol. The van der Waals surface area contributed by atoms with Gasteiger partial charge in [-0.3, -0.25) is 14.5 Å². The second-order valence-corrected chi connectivity index (χ2v) is 11.4. The van der Waals surface area contributed by atoms with Crippen LogP contribution in [0.4, 0.5) is 11.4 Å². The Morgan fingerprint density at radius 3 is 2.42 bits per heavy atom. The van der Waals surface area contributed by atoms with Crippen molar-refractivity contribution < 1.29 is 9.59 Å². The van der Waals surface area contributed by atoms with Crippen molar-refractivity contribution in [1.29, 1.82) is 0 Å². The van der Waals surface area contributed by atoms with Crippen LogP contribution in [0.2, 0.25) is 5.02 Å². The molecule has 1 aliphatic heterocycles. The zero-order valence-electron chi connectivity index (χ0n) is 22.2. The quantitative estimate of drug-likeness (QED) is 0.381. The Morgan fingerprint density at radius 1 is 1.03 bits per heavy atom. The highest BCUT2D eigenvalue weighted by Crippen LogP contribution is 2.29. The Balaban J connectivity index is 1.47. The number of piperazine rings is 1. The predicted octanol–water partition coefficient (Wildman–Crippen LogP) is 4.70. The molecule has 2 aromatic carbocycles. The van der Waals surface area contributed by atoms with E-state index in [0.29, 0.717) is 27.6 Å². The molecule has 3 aromatic rings. The molecule has 2 heterocycles. The second-order valence-electron chi connectivity index (χ2n) is 10.0. The van der Waals surface area contributed by atoms with Crippen molar-refractivity contribution >= 4 is 46.1 Å². The van der Waals surface area contributed by atoms with Crippen LogP contribution in [0, 0.1) is 0 Å². The summed E-state index contributed by atoms with van der Waals surface area (Å²) in [5.74, 6) is -0.335. The highest BCUT2D eigenvalue weighted by Gasteiger charge is 2.22. The van der Waals surface area contributed by atoms with E-state index in [2.05, 4.69) is 39.4 Å². The van der Waals surface area contributed by atoms with Gasteiger partial charge in [-0.1, -0.05) is 29.8 Å². The lowest BCUT2D eigenvalue weighted by molar-refractivity contribution is 0.0939. The molecule has 0 radical (unpaired) electrons. The van der Waals surface area contributed by atoms with Crippen LogP contribution in [0.25, 0.3) is 0 Å². The van der Waals surface area contributed by atoms with Crippen LogP contribution in [-0.4, -0.2) is 81.0 Å². The lowest BCUT2D eigenvalue weighted by atomic mass is 10.1. The fourth-order valence-corrected chi connectivity index (χ4v) is 5.28. The van der Waals surface area contributed by atoms with Gasteiger partial charge in [-0.25, -0.2) is 0 Å². The van der Waals surface area contributed by atoms with E-state index in [0.717, 1.165) is 50.5 Å². The van der Waals surface area contributed by atoms with Gasteiger partial charge in [0.05, 0.1) is 16.3 Å². The van der Waals surface area contributed by atoms with E-state index in [4.69, 9.17) is 11.6 Å². The molecule has 1 atom stereocenters. The molecule has 1 aliphatic rings. The van der Waals surface area contributed by atoms with E-state index >= 15 is 0 Å². The topological polar surface area (TPSA) is 67.9 Å². The average molecular weight is 554 g/mol. The van der Waals surface area contributed by atoms with E-state index in [1.807, 2.05) is 54.8 Å². The number of hydrogen-bond acceptors (Lipinski definition) is 6. The fourth-order valence-electron chi connectivity index (χ4n) is 4.53. The van der Waals surface area contributed by atoms with Crippen molar-refractivity contribution in [2.24, 2.45) is 0 Å². The predicted molar refractivity (Wildman–Crippen MR) is 158 cm³/mol. The summed E-state index contributed by atoms with van der Waals surface area (Å²) in [6, 6.07) is 16.8. The SMILES string of the molecule is CC(Cc1ccc(Cl)cc1)NC(=O)c1ccc(N2CCN(CCN(C)C)CC2)c(NC(=O)c2cccs2)c1. The molecule has 9 heteroatoms. The number of anilines is 2. The van der Waals surface area contributed by atoms with Gasteiger partial charge >= 0.3 is 0 Å². The smallest absolute Gasteiger partial charge is 0.265 e. The number of rotatable bonds is 10. The Bertz CT molecular complexity index is 1210. The third-order valence-corrected chi connectivity index (χ3v) is 7.78. The number of benzene rings is 2. The lowest BCUT2D eigenvalue weighted by Gasteiger charge is -2.37. The summed E-state index contributed by atoms with van der Waals surface area (Å²) in [5, 5.41) is 8.74. The third kappa shape index (κ3) is 7.80. The molecule has 1 unspecified atom stereocenters. The minimum absolute atomic E-state index is 0.0669. The summed E-state index contributed by atoms with van der Waals surface area (Å²) >= 11 is 7.39. The van der Waals surface area contributed by atoms with E-state index in [-0.39, 0.29) is 17.9 Å². The van der Waals surface area contributed by atoms with Crippen molar-refractivity contribution in [2.45, 2.75) is 19.4 Å². The van der Waals surface area contributed by atoms with E-state index in [9.17, 15) is 9.59 Å². The van der Waals surface area contributed by atoms with Crippen LogP contribution in [0.5, 0.6) is 0 Å². The van der Waals surface area contributed by atoms with Crippen LogP contribution in [-0.2, 0) is 6.42 Å². The van der Waals surface area contributed by atoms with Crippen LogP contribution in [0.3, 0.4) is 0 Å². The van der Waals surface area contributed by atoms with Crippen molar-refractivity contribution in [2.75, 3.05) is 63.6 Å². The van der Waals surface area contributed by atoms with Crippen molar-refractivity contribution in [3.63, 3.8) is 0 Å². The molecule has 2 N–H and O–H groups in total. The maximum Gasteiger partial charge on any atom is 0.265 e. The Morgan fingerprint density at radius 2 is 1.76 bits per heavy atom. The Labute approximate surface area is 234 Å². The van der Waals surface area contributed by atoms with Crippen LogP contribution >= 0.6 is 22.9 Å². The van der Waals surface area contributed by atoms with Crippen LogP contribution in [0.15, 0.2) is 60.0 Å². The molecule has 1 fully saturated rings. The first-order valence-corrected chi connectivity index (χ1v) is 14.2. The molecule has 0 spiro atoms. The Hall–Kier alpha value is -2.91. The fraction of sp³-hybridized carbons (Fsp3) is 0.379. The maximum atomic E-state index is 13.2. The number of likely N-dealkylation sites (N-methyl/N-ethyl adjacent to an activating group) is 1. The van der Waals surface area contributed by atoms with Gasteiger partial charge in [-0.15, -0.1) is 11.3 Å². The molecule has 1 aromatic heterocycles. The number of thiophene rings is 1. The molecular formula is C29H36ClN5O2S. The molecule has 0 bridgehead atoms. The molecule has 2 amide bonds. The number of hydrogen-bond donors (Lipinski definition) is 2. The zero-order valence-corrected chi connectivity index (χ0v) is 23.8. The molecule has 1 saturated heterocycles. The summed E-state index contributed by atoms with van der Waals surface area (Å²) in [7, 11) is 4.18. The van der Waals surface area contributed by atoms with Gasteiger partial charge in [0, 0.05) is 55.9 Å². The van der Waals surface area contributed by atoms with Crippen LogP contribution < -0.4 is 15.5 Å². The van der Waals surface area contributed by atoms with Gasteiger partial charge in [-0.05, 0) is 74.8 Å². The lowest BCUT2D eigenvalue weighted by Crippen LogP contribution is -2.48. The normalized spacial score (nSPS) is 14.9. The van der Waals surface area contributed by atoms with E-state index in [1.165, 1.54) is 11.3 Å². The van der Waals surface area contributed by atoms with Crippen molar-refractivity contribution in [1.82, 2.24) is 15.1 Å². The monoisotopic (exact) mass is 553 g/mol. The van der Waals surface area contributed by atoms with Gasteiger partial charge in [0.2, 0.25) is 0 Å². The summed E-state index contributed by atoms with van der Waals surface area (Å²) in [6.07, 6.45) is 0.695. The number of carbonyl (C=O) groups excluding carboxylic acids is 2. The van der Waals surface area contributed by atoms with Gasteiger partial charge in [0.15, 0.2) is 0 Å². The minimum atomic E-state index is -0.168. The second kappa shape index (κ2) is 13.2. The number of carbonyl (C=O) groups is 2. The first-order chi connectivity index (χ1) is 18.3. The maximum absolute atomic E-state index is 13.2. The van der Waals surface area contributed by atoms with Crippen molar-refractivity contribution in [3.05, 3.63) is 81.0 Å². The molecule has 7 nitrogen and oxygen atoms in total. The molecule has 0 saturated carbocycles.